The summed E-state index contributed by atoms with van der Waals surface area (Å²) in [6.07, 6.45) is 0. The zero-order valence-electron chi connectivity index (χ0n) is 9.64. The molecule has 0 radical (unpaired) electrons. The number of aromatic hydroxyl groups is 1. The van der Waals surface area contributed by atoms with E-state index in [-0.39, 0.29) is 11.3 Å². The van der Waals surface area contributed by atoms with Crippen molar-refractivity contribution in [3.05, 3.63) is 53.3 Å². The Labute approximate surface area is 103 Å². The molecule has 18 heavy (non-hydrogen) atoms. The number of phenols is 1. The van der Waals surface area contributed by atoms with Gasteiger partial charge in [0.2, 0.25) is 0 Å². The lowest BCUT2D eigenvalue weighted by atomic mass is 10.0. The van der Waals surface area contributed by atoms with Gasteiger partial charge < -0.3 is 10.2 Å². The quantitative estimate of drug-likeness (QED) is 0.855. The number of benzene rings is 2. The average Bonchev–Trinajstić information content (AvgIpc) is 2.31. The number of carboxylic acids is 1. The van der Waals surface area contributed by atoms with Crippen molar-refractivity contribution in [1.29, 1.82) is 0 Å². The van der Waals surface area contributed by atoms with Crippen LogP contribution >= 0.6 is 0 Å². The van der Waals surface area contributed by atoms with E-state index in [9.17, 15) is 14.3 Å². The van der Waals surface area contributed by atoms with E-state index in [1.807, 2.05) is 0 Å². The van der Waals surface area contributed by atoms with E-state index in [4.69, 9.17) is 5.11 Å². The number of hydrogen-bond donors (Lipinski definition) is 2. The van der Waals surface area contributed by atoms with Crippen LogP contribution < -0.4 is 0 Å². The van der Waals surface area contributed by atoms with Crippen LogP contribution in [0, 0.1) is 12.7 Å². The summed E-state index contributed by atoms with van der Waals surface area (Å²) in [4.78, 5) is 10.8. The van der Waals surface area contributed by atoms with Crippen molar-refractivity contribution in [2.45, 2.75) is 6.92 Å². The summed E-state index contributed by atoms with van der Waals surface area (Å²) >= 11 is 0. The molecule has 0 spiro atoms. The average molecular weight is 246 g/mol. The predicted octanol–water partition coefficient (Wildman–Crippen LogP) is 3.20. The van der Waals surface area contributed by atoms with E-state index < -0.39 is 11.8 Å². The first-order chi connectivity index (χ1) is 8.47. The second-order valence-electron chi connectivity index (χ2n) is 4.03. The smallest absolute Gasteiger partial charge is 0.335 e. The van der Waals surface area contributed by atoms with Crippen LogP contribution in [0.5, 0.6) is 5.75 Å². The molecule has 0 fully saturated rings. The van der Waals surface area contributed by atoms with Gasteiger partial charge in [0, 0.05) is 0 Å². The molecule has 2 aromatic carbocycles. The molecule has 3 nitrogen and oxygen atoms in total. The summed E-state index contributed by atoms with van der Waals surface area (Å²) in [5.74, 6) is -1.72. The maximum absolute atomic E-state index is 13.3. The summed E-state index contributed by atoms with van der Waals surface area (Å²) in [5, 5.41) is 18.5. The van der Waals surface area contributed by atoms with E-state index in [1.54, 1.807) is 19.1 Å². The number of aromatic carboxylic acids is 1. The SMILES string of the molecule is Cc1ccc(-c2cc(F)cc(C(=O)O)c2)cc1O. The summed E-state index contributed by atoms with van der Waals surface area (Å²) in [6, 6.07) is 8.44. The van der Waals surface area contributed by atoms with Crippen molar-refractivity contribution >= 4 is 5.97 Å². The predicted molar refractivity (Wildman–Crippen MR) is 65.2 cm³/mol. The Morgan fingerprint density at radius 1 is 1.11 bits per heavy atom. The van der Waals surface area contributed by atoms with E-state index in [1.165, 1.54) is 18.2 Å². The van der Waals surface area contributed by atoms with Gasteiger partial charge >= 0.3 is 5.97 Å². The summed E-state index contributed by atoms with van der Waals surface area (Å²) in [5.41, 5.74) is 1.57. The fourth-order valence-electron chi connectivity index (χ4n) is 1.67. The van der Waals surface area contributed by atoms with Gasteiger partial charge in [0.05, 0.1) is 5.56 Å². The first-order valence-electron chi connectivity index (χ1n) is 5.31. The molecule has 2 N–H and O–H groups in total. The highest BCUT2D eigenvalue weighted by Crippen LogP contribution is 2.27. The van der Waals surface area contributed by atoms with Crippen LogP contribution in [0.4, 0.5) is 4.39 Å². The zero-order valence-corrected chi connectivity index (χ0v) is 9.64. The number of halogens is 1. The highest BCUT2D eigenvalue weighted by Gasteiger charge is 2.09. The fraction of sp³-hybridized carbons (Fsp3) is 0.0714. The molecule has 0 saturated carbocycles. The minimum absolute atomic E-state index is 0.0913. The Morgan fingerprint density at radius 2 is 1.83 bits per heavy atom. The lowest BCUT2D eigenvalue weighted by Gasteiger charge is -2.06. The maximum atomic E-state index is 13.3. The van der Waals surface area contributed by atoms with Crippen LogP contribution in [0.2, 0.25) is 0 Å². The summed E-state index contributed by atoms with van der Waals surface area (Å²) < 4.78 is 13.3. The third kappa shape index (κ3) is 2.32. The minimum Gasteiger partial charge on any atom is -0.508 e. The maximum Gasteiger partial charge on any atom is 0.335 e. The van der Waals surface area contributed by atoms with Crippen molar-refractivity contribution in [3.63, 3.8) is 0 Å². The Hall–Kier alpha value is -2.36. The van der Waals surface area contributed by atoms with Gasteiger partial charge in [0.15, 0.2) is 0 Å². The molecule has 0 saturated heterocycles. The van der Waals surface area contributed by atoms with E-state index >= 15 is 0 Å². The topological polar surface area (TPSA) is 57.5 Å². The molecule has 2 rings (SSSR count). The molecular weight excluding hydrogens is 235 g/mol. The van der Waals surface area contributed by atoms with Crippen molar-refractivity contribution in [2.75, 3.05) is 0 Å². The number of aryl methyl sites for hydroxylation is 1. The molecule has 0 aliphatic carbocycles. The normalized spacial score (nSPS) is 10.3. The number of carboxylic acid groups (broad SMARTS) is 1. The second kappa shape index (κ2) is 4.49. The molecule has 0 aliphatic heterocycles. The molecule has 92 valence electrons. The van der Waals surface area contributed by atoms with E-state index in [2.05, 4.69) is 0 Å². The van der Waals surface area contributed by atoms with Crippen molar-refractivity contribution < 1.29 is 19.4 Å². The van der Waals surface area contributed by atoms with Gasteiger partial charge in [-0.1, -0.05) is 12.1 Å². The molecule has 0 heterocycles. The van der Waals surface area contributed by atoms with Crippen LogP contribution in [-0.4, -0.2) is 16.2 Å². The number of phenolic OH excluding ortho intramolecular Hbond substituents is 1. The molecule has 0 amide bonds. The van der Waals surface area contributed by atoms with Gasteiger partial charge in [-0.3, -0.25) is 0 Å². The van der Waals surface area contributed by atoms with Gasteiger partial charge in [0.1, 0.15) is 11.6 Å². The number of rotatable bonds is 2. The molecule has 0 unspecified atom stereocenters. The summed E-state index contributed by atoms with van der Waals surface area (Å²) in [6.45, 7) is 1.74. The highest BCUT2D eigenvalue weighted by atomic mass is 19.1. The van der Waals surface area contributed by atoms with E-state index in [0.717, 1.165) is 6.07 Å². The van der Waals surface area contributed by atoms with Gasteiger partial charge in [-0.2, -0.15) is 0 Å². The van der Waals surface area contributed by atoms with Crippen LogP contribution in [0.3, 0.4) is 0 Å². The van der Waals surface area contributed by atoms with Crippen LogP contribution in [0.1, 0.15) is 15.9 Å². The number of carbonyl (C=O) groups is 1. The molecule has 0 aliphatic rings. The van der Waals surface area contributed by atoms with Gasteiger partial charge in [-0.05, 0) is 47.9 Å². The molecule has 0 aromatic heterocycles. The fourth-order valence-corrected chi connectivity index (χ4v) is 1.67. The van der Waals surface area contributed by atoms with Crippen molar-refractivity contribution in [3.8, 4) is 16.9 Å². The lowest BCUT2D eigenvalue weighted by molar-refractivity contribution is 0.0696. The molecule has 0 atom stereocenters. The minimum atomic E-state index is -1.19. The van der Waals surface area contributed by atoms with Crippen LogP contribution in [0.25, 0.3) is 11.1 Å². The molecule has 4 heteroatoms. The second-order valence-corrected chi connectivity index (χ2v) is 4.03. The first kappa shape index (κ1) is 12.1. The van der Waals surface area contributed by atoms with E-state index in [0.29, 0.717) is 16.7 Å². The van der Waals surface area contributed by atoms with Crippen LogP contribution in [0.15, 0.2) is 36.4 Å². The molecule has 2 aromatic rings. The Balaban J connectivity index is 2.56. The Kier molecular flexibility index (Phi) is 3.02. The lowest BCUT2D eigenvalue weighted by Crippen LogP contribution is -1.97. The van der Waals surface area contributed by atoms with Crippen molar-refractivity contribution in [1.82, 2.24) is 0 Å². The summed E-state index contributed by atoms with van der Waals surface area (Å²) in [7, 11) is 0. The Morgan fingerprint density at radius 3 is 2.44 bits per heavy atom. The standard InChI is InChI=1S/C14H11FO3/c1-8-2-3-9(7-13(8)16)10-4-11(14(17)18)6-12(15)5-10/h2-7,16H,1H3,(H,17,18). The third-order valence-corrected chi connectivity index (χ3v) is 2.69. The third-order valence-electron chi connectivity index (χ3n) is 2.69. The monoisotopic (exact) mass is 246 g/mol. The zero-order chi connectivity index (χ0) is 13.3. The largest absolute Gasteiger partial charge is 0.508 e. The van der Waals surface area contributed by atoms with Gasteiger partial charge in [-0.15, -0.1) is 0 Å². The highest BCUT2D eigenvalue weighted by molar-refractivity contribution is 5.89. The van der Waals surface area contributed by atoms with Crippen molar-refractivity contribution in [2.24, 2.45) is 0 Å². The molecule has 0 bridgehead atoms. The van der Waals surface area contributed by atoms with Gasteiger partial charge in [0.25, 0.3) is 0 Å². The first-order valence-corrected chi connectivity index (χ1v) is 5.31. The van der Waals surface area contributed by atoms with Crippen LogP contribution in [-0.2, 0) is 0 Å². The number of hydrogen-bond acceptors (Lipinski definition) is 2. The van der Waals surface area contributed by atoms with Gasteiger partial charge in [-0.25, -0.2) is 9.18 Å². The molecular formula is C14H11FO3. The Bertz CT molecular complexity index is 620.